The summed E-state index contributed by atoms with van der Waals surface area (Å²) in [6.45, 7) is 8.44. The fourth-order valence-corrected chi connectivity index (χ4v) is 2.39. The predicted molar refractivity (Wildman–Crippen MR) is 75.1 cm³/mol. The lowest BCUT2D eigenvalue weighted by Gasteiger charge is -2.19. The zero-order valence-electron chi connectivity index (χ0n) is 11.9. The standard InChI is InChI=1S/C13H20N2O3S/c1-10(2)19(17,18)12-11(7-6-8-14-12)9-15(16)13(3,4)5/h6-10H,1-5H3/b15-9-. The Bertz CT molecular complexity index is 584. The van der Waals surface area contributed by atoms with Gasteiger partial charge in [-0.1, -0.05) is 0 Å². The van der Waals surface area contributed by atoms with Crippen LogP contribution in [0, 0.1) is 5.21 Å². The van der Waals surface area contributed by atoms with Crippen molar-refractivity contribution in [2.75, 3.05) is 0 Å². The Kier molecular flexibility index (Phi) is 4.35. The molecular weight excluding hydrogens is 264 g/mol. The summed E-state index contributed by atoms with van der Waals surface area (Å²) in [6, 6.07) is 3.20. The molecule has 0 bridgehead atoms. The second-order valence-electron chi connectivity index (χ2n) is 5.62. The summed E-state index contributed by atoms with van der Waals surface area (Å²) in [5, 5.41) is 11.3. The Morgan fingerprint density at radius 1 is 1.37 bits per heavy atom. The molecule has 0 N–H and O–H groups in total. The van der Waals surface area contributed by atoms with Crippen LogP contribution in [0.1, 0.15) is 40.2 Å². The van der Waals surface area contributed by atoms with Crippen molar-refractivity contribution in [2.45, 2.75) is 50.4 Å². The van der Waals surface area contributed by atoms with Gasteiger partial charge in [-0.15, -0.1) is 0 Å². The molecule has 0 saturated carbocycles. The normalized spacial score (nSPS) is 13.9. The molecule has 19 heavy (non-hydrogen) atoms. The molecule has 106 valence electrons. The maximum absolute atomic E-state index is 12.2. The second kappa shape index (κ2) is 5.28. The van der Waals surface area contributed by atoms with Crippen LogP contribution < -0.4 is 0 Å². The zero-order chi connectivity index (χ0) is 14.8. The molecule has 0 unspecified atom stereocenters. The monoisotopic (exact) mass is 284 g/mol. The van der Waals surface area contributed by atoms with Crippen LogP contribution >= 0.6 is 0 Å². The van der Waals surface area contributed by atoms with Crippen molar-refractivity contribution < 1.29 is 13.2 Å². The van der Waals surface area contributed by atoms with Crippen molar-refractivity contribution in [3.05, 3.63) is 29.1 Å². The van der Waals surface area contributed by atoms with E-state index in [-0.39, 0.29) is 5.03 Å². The first kappa shape index (κ1) is 15.6. The summed E-state index contributed by atoms with van der Waals surface area (Å²) >= 11 is 0. The Balaban J connectivity index is 3.42. The van der Waals surface area contributed by atoms with E-state index in [0.29, 0.717) is 5.56 Å². The molecule has 6 heteroatoms. The average molecular weight is 284 g/mol. The van der Waals surface area contributed by atoms with Crippen LogP contribution in [0.4, 0.5) is 0 Å². The van der Waals surface area contributed by atoms with Gasteiger partial charge in [0.25, 0.3) is 0 Å². The van der Waals surface area contributed by atoms with Crippen molar-refractivity contribution in [3.8, 4) is 0 Å². The Morgan fingerprint density at radius 3 is 2.42 bits per heavy atom. The third-order valence-electron chi connectivity index (χ3n) is 2.61. The fraction of sp³-hybridized carbons (Fsp3) is 0.538. The molecule has 0 radical (unpaired) electrons. The van der Waals surface area contributed by atoms with Crippen molar-refractivity contribution in [1.82, 2.24) is 4.98 Å². The predicted octanol–water partition coefficient (Wildman–Crippen LogP) is 1.99. The highest BCUT2D eigenvalue weighted by Crippen LogP contribution is 2.17. The van der Waals surface area contributed by atoms with Gasteiger partial charge in [-0.05, 0) is 26.0 Å². The van der Waals surface area contributed by atoms with Gasteiger partial charge < -0.3 is 5.21 Å². The maximum Gasteiger partial charge on any atom is 0.198 e. The molecule has 0 fully saturated rings. The Labute approximate surface area is 114 Å². The molecule has 1 heterocycles. The van der Waals surface area contributed by atoms with E-state index >= 15 is 0 Å². The van der Waals surface area contributed by atoms with E-state index in [9.17, 15) is 13.6 Å². The van der Waals surface area contributed by atoms with Crippen LogP contribution in [0.5, 0.6) is 0 Å². The number of pyridine rings is 1. The lowest BCUT2D eigenvalue weighted by molar-refractivity contribution is -0.530. The molecule has 0 aliphatic heterocycles. The molecule has 0 aliphatic rings. The van der Waals surface area contributed by atoms with Crippen molar-refractivity contribution in [1.29, 1.82) is 0 Å². The maximum atomic E-state index is 12.2. The summed E-state index contributed by atoms with van der Waals surface area (Å²) in [5.74, 6) is 0. The van der Waals surface area contributed by atoms with Gasteiger partial charge in [0.15, 0.2) is 26.6 Å². The SMILES string of the molecule is CC(C)S(=O)(=O)c1ncccc1/C=[N+](\[O-])C(C)(C)C. The first-order chi connectivity index (χ1) is 8.56. The van der Waals surface area contributed by atoms with Crippen molar-refractivity contribution in [3.63, 3.8) is 0 Å². The first-order valence-corrected chi connectivity index (χ1v) is 7.61. The van der Waals surface area contributed by atoms with Gasteiger partial charge in [-0.25, -0.2) is 18.1 Å². The number of nitrogens with zero attached hydrogens (tertiary/aromatic N) is 2. The average Bonchev–Trinajstić information content (AvgIpc) is 2.28. The highest BCUT2D eigenvalue weighted by Gasteiger charge is 2.26. The van der Waals surface area contributed by atoms with E-state index in [4.69, 9.17) is 0 Å². The minimum absolute atomic E-state index is 0.0462. The summed E-state index contributed by atoms with van der Waals surface area (Å²) in [5.41, 5.74) is -0.310. The number of hydrogen-bond donors (Lipinski definition) is 0. The van der Waals surface area contributed by atoms with Gasteiger partial charge in [-0.3, -0.25) is 0 Å². The largest absolute Gasteiger partial charge is 0.623 e. The molecule has 1 aromatic heterocycles. The molecule has 0 aromatic carbocycles. The molecule has 0 atom stereocenters. The number of hydrogen-bond acceptors (Lipinski definition) is 4. The first-order valence-electron chi connectivity index (χ1n) is 6.07. The van der Waals surface area contributed by atoms with Crippen LogP contribution in [0.2, 0.25) is 0 Å². The summed E-state index contributed by atoms with van der Waals surface area (Å²) < 4.78 is 25.1. The van der Waals surface area contributed by atoms with E-state index in [2.05, 4.69) is 4.98 Å². The van der Waals surface area contributed by atoms with Crippen LogP contribution in [0.25, 0.3) is 0 Å². The van der Waals surface area contributed by atoms with Gasteiger partial charge >= 0.3 is 0 Å². The third kappa shape index (κ3) is 3.53. The van der Waals surface area contributed by atoms with Crippen LogP contribution in [-0.4, -0.2) is 35.1 Å². The molecule has 0 saturated heterocycles. The van der Waals surface area contributed by atoms with Gasteiger partial charge in [0.1, 0.15) is 0 Å². The molecule has 0 spiro atoms. The zero-order valence-corrected chi connectivity index (χ0v) is 12.7. The fourth-order valence-electron chi connectivity index (χ4n) is 1.28. The minimum atomic E-state index is -3.51. The van der Waals surface area contributed by atoms with E-state index in [1.165, 1.54) is 12.4 Å². The van der Waals surface area contributed by atoms with E-state index in [1.54, 1.807) is 46.8 Å². The molecule has 5 nitrogen and oxygen atoms in total. The van der Waals surface area contributed by atoms with E-state index in [0.717, 1.165) is 4.74 Å². The molecule has 0 aliphatic carbocycles. The van der Waals surface area contributed by atoms with Gasteiger partial charge in [0.2, 0.25) is 0 Å². The van der Waals surface area contributed by atoms with Crippen LogP contribution in [0.15, 0.2) is 23.4 Å². The van der Waals surface area contributed by atoms with E-state index in [1.807, 2.05) is 0 Å². The third-order valence-corrected chi connectivity index (χ3v) is 4.73. The smallest absolute Gasteiger partial charge is 0.198 e. The molecule has 1 aromatic rings. The number of sulfone groups is 1. The van der Waals surface area contributed by atoms with Crippen molar-refractivity contribution >= 4 is 16.1 Å². The topological polar surface area (TPSA) is 73.1 Å². The lowest BCUT2D eigenvalue weighted by atomic mass is 10.1. The minimum Gasteiger partial charge on any atom is -0.623 e. The number of rotatable bonds is 3. The molecule has 1 rings (SSSR count). The Hall–Kier alpha value is -1.43. The molecule has 0 amide bonds. The van der Waals surface area contributed by atoms with Gasteiger partial charge in [0, 0.05) is 27.0 Å². The quantitative estimate of drug-likeness (QED) is 0.368. The summed E-state index contributed by atoms with van der Waals surface area (Å²) in [7, 11) is -3.51. The van der Waals surface area contributed by atoms with Gasteiger partial charge in [0.05, 0.1) is 10.8 Å². The van der Waals surface area contributed by atoms with Crippen LogP contribution in [-0.2, 0) is 9.84 Å². The lowest BCUT2D eigenvalue weighted by Crippen LogP contribution is -2.30. The molecular formula is C13H20N2O3S. The summed E-state index contributed by atoms with van der Waals surface area (Å²) in [4.78, 5) is 3.92. The Morgan fingerprint density at radius 2 is 1.95 bits per heavy atom. The highest BCUT2D eigenvalue weighted by molar-refractivity contribution is 7.92. The number of hydroxylamine groups is 1. The second-order valence-corrected chi connectivity index (χ2v) is 8.04. The summed E-state index contributed by atoms with van der Waals surface area (Å²) in [6.07, 6.45) is 2.70. The van der Waals surface area contributed by atoms with E-state index < -0.39 is 20.6 Å². The van der Waals surface area contributed by atoms with Crippen LogP contribution in [0.3, 0.4) is 0 Å². The highest BCUT2D eigenvalue weighted by atomic mass is 32.2. The van der Waals surface area contributed by atoms with Gasteiger partial charge in [-0.2, -0.15) is 0 Å². The number of aromatic nitrogens is 1. The van der Waals surface area contributed by atoms with Crippen molar-refractivity contribution in [2.24, 2.45) is 0 Å².